The van der Waals surface area contributed by atoms with Crippen LogP contribution < -0.4 is 0 Å². The molecule has 0 aliphatic heterocycles. The summed E-state index contributed by atoms with van der Waals surface area (Å²) in [6, 6.07) is 0.677. The smallest absolute Gasteiger partial charge is 0.160 e. The van der Waals surface area contributed by atoms with E-state index in [1.807, 2.05) is 0 Å². The molecule has 0 aromatic carbocycles. The van der Waals surface area contributed by atoms with Gasteiger partial charge in [-0.2, -0.15) is 0 Å². The highest BCUT2D eigenvalue weighted by atomic mass is 16.1. The van der Waals surface area contributed by atoms with Crippen molar-refractivity contribution in [3.63, 3.8) is 0 Å². The van der Waals surface area contributed by atoms with Gasteiger partial charge in [0.2, 0.25) is 0 Å². The Balaban J connectivity index is 1.95. The molecule has 0 bridgehead atoms. The first-order valence-corrected chi connectivity index (χ1v) is 6.73. The van der Waals surface area contributed by atoms with Gasteiger partial charge in [0.1, 0.15) is 0 Å². The summed E-state index contributed by atoms with van der Waals surface area (Å²) in [6.45, 7) is 0. The molecule has 0 saturated heterocycles. The number of hydrogen-bond donors (Lipinski definition) is 0. The fraction of sp³-hybridized carbons (Fsp3) is 0.786. The van der Waals surface area contributed by atoms with E-state index in [1.165, 1.54) is 38.5 Å². The second-order valence-corrected chi connectivity index (χ2v) is 5.24. The Bertz CT molecular complexity index is 276. The van der Waals surface area contributed by atoms with Gasteiger partial charge < -0.3 is 4.90 Å². The number of carbonyl (C=O) groups excluding carboxylic acids is 1. The van der Waals surface area contributed by atoms with E-state index in [4.69, 9.17) is 0 Å². The average molecular weight is 221 g/mol. The van der Waals surface area contributed by atoms with E-state index in [1.54, 1.807) is 0 Å². The molecular formula is C14H23NO. The highest BCUT2D eigenvalue weighted by Gasteiger charge is 2.19. The Kier molecular flexibility index (Phi) is 4.03. The lowest BCUT2D eigenvalue weighted by atomic mass is 9.92. The zero-order valence-corrected chi connectivity index (χ0v) is 10.4. The van der Waals surface area contributed by atoms with Gasteiger partial charge in [0.25, 0.3) is 0 Å². The summed E-state index contributed by atoms with van der Waals surface area (Å²) in [6.07, 6.45) is 12.9. The van der Waals surface area contributed by atoms with E-state index in [9.17, 15) is 4.79 Å². The van der Waals surface area contributed by atoms with Crippen molar-refractivity contribution in [1.82, 2.24) is 4.90 Å². The highest BCUT2D eigenvalue weighted by molar-refractivity contribution is 5.95. The molecule has 2 rings (SSSR count). The van der Waals surface area contributed by atoms with Crippen LogP contribution in [0.5, 0.6) is 0 Å². The van der Waals surface area contributed by atoms with Crippen LogP contribution in [0, 0.1) is 0 Å². The molecule has 0 aromatic heterocycles. The van der Waals surface area contributed by atoms with Crippen LogP contribution in [-0.4, -0.2) is 23.8 Å². The Labute approximate surface area is 98.7 Å². The highest BCUT2D eigenvalue weighted by Crippen LogP contribution is 2.24. The summed E-state index contributed by atoms with van der Waals surface area (Å²) in [5, 5.41) is 0. The molecule has 90 valence electrons. The van der Waals surface area contributed by atoms with Crippen molar-refractivity contribution in [3.05, 3.63) is 11.8 Å². The molecule has 0 aromatic rings. The molecule has 2 aliphatic carbocycles. The van der Waals surface area contributed by atoms with Gasteiger partial charge >= 0.3 is 0 Å². The SMILES string of the molecule is CN(/C=C1/CCCCC1=O)C1CCCCC1. The van der Waals surface area contributed by atoms with Crippen LogP contribution in [-0.2, 0) is 4.79 Å². The lowest BCUT2D eigenvalue weighted by Crippen LogP contribution is -2.30. The third-order valence-corrected chi connectivity index (χ3v) is 3.97. The van der Waals surface area contributed by atoms with Crippen LogP contribution in [0.2, 0.25) is 0 Å². The second-order valence-electron chi connectivity index (χ2n) is 5.24. The van der Waals surface area contributed by atoms with Gasteiger partial charge in [-0.3, -0.25) is 4.79 Å². The van der Waals surface area contributed by atoms with Crippen molar-refractivity contribution in [2.24, 2.45) is 0 Å². The zero-order valence-electron chi connectivity index (χ0n) is 10.4. The number of ketones is 1. The predicted molar refractivity (Wildman–Crippen MR) is 66.2 cm³/mol. The maximum Gasteiger partial charge on any atom is 0.160 e. The number of carbonyl (C=O) groups is 1. The standard InChI is InChI=1S/C14H23NO/c1-15(13-8-3-2-4-9-13)11-12-7-5-6-10-14(12)16/h11,13H,2-10H2,1H3/b12-11-. The fourth-order valence-electron chi connectivity index (χ4n) is 2.88. The zero-order chi connectivity index (χ0) is 11.4. The number of nitrogens with zero attached hydrogens (tertiary/aromatic N) is 1. The van der Waals surface area contributed by atoms with Crippen LogP contribution >= 0.6 is 0 Å². The van der Waals surface area contributed by atoms with Gasteiger partial charge in [0.05, 0.1) is 0 Å². The molecule has 0 N–H and O–H groups in total. The molecule has 0 amide bonds. The molecule has 0 radical (unpaired) electrons. The number of allylic oxidation sites excluding steroid dienone is 1. The van der Waals surface area contributed by atoms with Gasteiger partial charge in [-0.1, -0.05) is 19.3 Å². The average Bonchev–Trinajstić information content (AvgIpc) is 2.33. The van der Waals surface area contributed by atoms with Crippen LogP contribution in [0.15, 0.2) is 11.8 Å². The van der Waals surface area contributed by atoms with Crippen molar-refractivity contribution < 1.29 is 4.79 Å². The summed E-state index contributed by atoms with van der Waals surface area (Å²) in [7, 11) is 2.14. The van der Waals surface area contributed by atoms with Crippen LogP contribution in [0.3, 0.4) is 0 Å². The van der Waals surface area contributed by atoms with E-state index in [2.05, 4.69) is 18.1 Å². The summed E-state index contributed by atoms with van der Waals surface area (Å²) in [4.78, 5) is 14.0. The first kappa shape index (κ1) is 11.7. The lowest BCUT2D eigenvalue weighted by molar-refractivity contribution is -0.116. The molecule has 2 heteroatoms. The van der Waals surface area contributed by atoms with Crippen molar-refractivity contribution in [3.8, 4) is 0 Å². The van der Waals surface area contributed by atoms with E-state index >= 15 is 0 Å². The third-order valence-electron chi connectivity index (χ3n) is 3.97. The van der Waals surface area contributed by atoms with Gasteiger partial charge in [0, 0.05) is 31.3 Å². The molecule has 16 heavy (non-hydrogen) atoms. The topological polar surface area (TPSA) is 20.3 Å². The van der Waals surface area contributed by atoms with Crippen LogP contribution in [0.4, 0.5) is 0 Å². The van der Waals surface area contributed by atoms with Gasteiger partial charge in [-0.15, -0.1) is 0 Å². The van der Waals surface area contributed by atoms with Crippen LogP contribution in [0.25, 0.3) is 0 Å². The number of rotatable bonds is 2. The summed E-state index contributed by atoms with van der Waals surface area (Å²) < 4.78 is 0. The largest absolute Gasteiger partial charge is 0.377 e. The molecular weight excluding hydrogens is 198 g/mol. The monoisotopic (exact) mass is 221 g/mol. The Morgan fingerprint density at radius 2 is 1.75 bits per heavy atom. The summed E-state index contributed by atoms with van der Waals surface area (Å²) in [5.74, 6) is 0.383. The lowest BCUT2D eigenvalue weighted by Gasteiger charge is -2.31. The van der Waals surface area contributed by atoms with Gasteiger partial charge in [-0.05, 0) is 32.1 Å². The minimum Gasteiger partial charge on any atom is -0.377 e. The fourth-order valence-corrected chi connectivity index (χ4v) is 2.88. The van der Waals surface area contributed by atoms with Crippen molar-refractivity contribution in [1.29, 1.82) is 0 Å². The van der Waals surface area contributed by atoms with Gasteiger partial charge in [-0.25, -0.2) is 0 Å². The normalized spacial score (nSPS) is 26.1. The van der Waals surface area contributed by atoms with Crippen molar-refractivity contribution in [2.75, 3.05) is 7.05 Å². The Morgan fingerprint density at radius 3 is 2.44 bits per heavy atom. The number of Topliss-reactive ketones (excluding diaryl/α,β-unsaturated/α-hetero) is 1. The van der Waals surface area contributed by atoms with Crippen molar-refractivity contribution >= 4 is 5.78 Å². The molecule has 2 saturated carbocycles. The molecule has 2 fully saturated rings. The summed E-state index contributed by atoms with van der Waals surface area (Å²) >= 11 is 0. The van der Waals surface area contributed by atoms with E-state index in [0.29, 0.717) is 11.8 Å². The Morgan fingerprint density at radius 1 is 1.06 bits per heavy atom. The minimum absolute atomic E-state index is 0.383. The molecule has 2 aliphatic rings. The minimum atomic E-state index is 0.383. The van der Waals surface area contributed by atoms with Crippen molar-refractivity contribution in [2.45, 2.75) is 63.8 Å². The predicted octanol–water partition coefficient (Wildman–Crippen LogP) is 3.28. The Hall–Kier alpha value is -0.790. The molecule has 0 unspecified atom stereocenters. The third kappa shape index (κ3) is 2.87. The van der Waals surface area contributed by atoms with Crippen LogP contribution in [0.1, 0.15) is 57.8 Å². The van der Waals surface area contributed by atoms with E-state index < -0.39 is 0 Å². The van der Waals surface area contributed by atoms with E-state index in [-0.39, 0.29) is 0 Å². The maximum atomic E-state index is 11.7. The molecule has 0 heterocycles. The maximum absolute atomic E-state index is 11.7. The first-order valence-electron chi connectivity index (χ1n) is 6.73. The molecule has 0 spiro atoms. The summed E-state index contributed by atoms with van der Waals surface area (Å²) in [5.41, 5.74) is 1.07. The first-order chi connectivity index (χ1) is 7.77. The second kappa shape index (κ2) is 5.51. The van der Waals surface area contributed by atoms with Gasteiger partial charge in [0.15, 0.2) is 5.78 Å². The number of hydrogen-bond acceptors (Lipinski definition) is 2. The molecule has 0 atom stereocenters. The van der Waals surface area contributed by atoms with E-state index in [0.717, 1.165) is 24.8 Å². The quantitative estimate of drug-likeness (QED) is 0.667. The molecule has 2 nitrogen and oxygen atoms in total.